The molecule has 1 aliphatic rings. The summed E-state index contributed by atoms with van der Waals surface area (Å²) >= 11 is 0. The number of nitrogens with zero attached hydrogens (tertiary/aromatic N) is 4. The van der Waals surface area contributed by atoms with Crippen molar-refractivity contribution in [3.05, 3.63) is 12.7 Å². The molecule has 1 aliphatic heterocycles. The number of aromatic nitrogens is 4. The predicted octanol–water partition coefficient (Wildman–Crippen LogP) is -1.36. The highest BCUT2D eigenvalue weighted by molar-refractivity contribution is 5.81. The van der Waals surface area contributed by atoms with Crippen LogP contribution in [0.2, 0.25) is 0 Å². The van der Waals surface area contributed by atoms with Crippen molar-refractivity contribution in [2.24, 2.45) is 5.73 Å². The monoisotopic (exact) mass is 280 g/mol. The SMILES string of the molecule is COC[C@H]1O[C@@H](n2cnc3c(N)ncnc32)C(N)C1O. The number of hydrogen-bond donors (Lipinski definition) is 3. The van der Waals surface area contributed by atoms with Crippen LogP contribution in [-0.4, -0.2) is 56.6 Å². The number of ether oxygens (including phenoxy) is 2. The van der Waals surface area contributed by atoms with Crippen LogP contribution in [0.15, 0.2) is 12.7 Å². The fraction of sp³-hybridized carbons (Fsp3) is 0.545. The Morgan fingerprint density at radius 1 is 1.45 bits per heavy atom. The first-order valence-electron chi connectivity index (χ1n) is 6.14. The summed E-state index contributed by atoms with van der Waals surface area (Å²) in [6, 6.07) is -0.608. The third-order valence-corrected chi connectivity index (χ3v) is 3.41. The van der Waals surface area contributed by atoms with Crippen molar-refractivity contribution in [1.82, 2.24) is 19.5 Å². The van der Waals surface area contributed by atoms with Gasteiger partial charge in [0.2, 0.25) is 0 Å². The van der Waals surface area contributed by atoms with Crippen LogP contribution in [-0.2, 0) is 9.47 Å². The second-order valence-electron chi connectivity index (χ2n) is 4.67. The van der Waals surface area contributed by atoms with Crippen LogP contribution in [0.25, 0.3) is 11.2 Å². The Hall–Kier alpha value is -1.81. The molecule has 2 aromatic rings. The Labute approximate surface area is 114 Å². The minimum atomic E-state index is -0.823. The van der Waals surface area contributed by atoms with Gasteiger partial charge in [0.05, 0.1) is 19.0 Å². The van der Waals surface area contributed by atoms with Crippen molar-refractivity contribution in [2.75, 3.05) is 19.5 Å². The lowest BCUT2D eigenvalue weighted by molar-refractivity contribution is -0.0526. The number of methoxy groups -OCH3 is 1. The number of imidazole rings is 1. The molecule has 0 spiro atoms. The summed E-state index contributed by atoms with van der Waals surface area (Å²) < 4.78 is 12.4. The molecule has 2 aromatic heterocycles. The highest BCUT2D eigenvalue weighted by Gasteiger charge is 2.43. The van der Waals surface area contributed by atoms with E-state index < -0.39 is 24.5 Å². The second kappa shape index (κ2) is 4.94. The summed E-state index contributed by atoms with van der Waals surface area (Å²) in [4.78, 5) is 12.2. The number of aliphatic hydroxyl groups excluding tert-OH is 1. The summed E-state index contributed by atoms with van der Waals surface area (Å²) in [6.45, 7) is 0.259. The lowest BCUT2D eigenvalue weighted by Gasteiger charge is -2.17. The van der Waals surface area contributed by atoms with E-state index in [2.05, 4.69) is 15.0 Å². The molecule has 9 heteroatoms. The van der Waals surface area contributed by atoms with E-state index in [1.165, 1.54) is 19.8 Å². The van der Waals surface area contributed by atoms with E-state index in [0.29, 0.717) is 11.2 Å². The zero-order valence-corrected chi connectivity index (χ0v) is 10.9. The second-order valence-corrected chi connectivity index (χ2v) is 4.67. The molecule has 2 unspecified atom stereocenters. The summed E-state index contributed by atoms with van der Waals surface area (Å²) in [5.74, 6) is 0.286. The van der Waals surface area contributed by atoms with Gasteiger partial charge in [0, 0.05) is 7.11 Å². The number of fused-ring (bicyclic) bond motifs is 1. The van der Waals surface area contributed by atoms with Crippen LogP contribution in [0.4, 0.5) is 5.82 Å². The molecule has 0 aromatic carbocycles. The molecule has 0 amide bonds. The maximum absolute atomic E-state index is 10.1. The largest absolute Gasteiger partial charge is 0.389 e. The topological polar surface area (TPSA) is 134 Å². The van der Waals surface area contributed by atoms with Gasteiger partial charge in [-0.1, -0.05) is 0 Å². The Morgan fingerprint density at radius 3 is 3.00 bits per heavy atom. The van der Waals surface area contributed by atoms with E-state index in [4.69, 9.17) is 20.9 Å². The molecule has 1 fully saturated rings. The van der Waals surface area contributed by atoms with E-state index in [1.807, 2.05) is 0 Å². The van der Waals surface area contributed by atoms with Gasteiger partial charge in [0.1, 0.15) is 24.1 Å². The van der Waals surface area contributed by atoms with Gasteiger partial charge in [-0.2, -0.15) is 0 Å². The lowest BCUT2D eigenvalue weighted by atomic mass is 10.1. The molecule has 5 N–H and O–H groups in total. The average Bonchev–Trinajstić information content (AvgIpc) is 2.97. The fourth-order valence-electron chi connectivity index (χ4n) is 2.38. The van der Waals surface area contributed by atoms with Gasteiger partial charge in [-0.25, -0.2) is 15.0 Å². The van der Waals surface area contributed by atoms with E-state index in [1.54, 1.807) is 4.57 Å². The van der Waals surface area contributed by atoms with Gasteiger partial charge < -0.3 is 26.0 Å². The normalized spacial score (nSPS) is 30.1. The number of rotatable bonds is 3. The van der Waals surface area contributed by atoms with Crippen molar-refractivity contribution in [3.63, 3.8) is 0 Å². The highest BCUT2D eigenvalue weighted by Crippen LogP contribution is 2.30. The van der Waals surface area contributed by atoms with Crippen molar-refractivity contribution in [1.29, 1.82) is 0 Å². The summed E-state index contributed by atoms with van der Waals surface area (Å²) in [5, 5.41) is 10.1. The first kappa shape index (κ1) is 13.2. The van der Waals surface area contributed by atoms with Gasteiger partial charge in [0.15, 0.2) is 17.7 Å². The first-order chi connectivity index (χ1) is 9.63. The molecular weight excluding hydrogens is 264 g/mol. The molecular formula is C11H16N6O3. The van der Waals surface area contributed by atoms with Crippen molar-refractivity contribution >= 4 is 17.0 Å². The highest BCUT2D eigenvalue weighted by atomic mass is 16.6. The molecule has 0 aliphatic carbocycles. The molecule has 0 saturated carbocycles. The number of anilines is 1. The smallest absolute Gasteiger partial charge is 0.167 e. The quantitative estimate of drug-likeness (QED) is 0.627. The molecule has 9 nitrogen and oxygen atoms in total. The van der Waals surface area contributed by atoms with Gasteiger partial charge in [0.25, 0.3) is 0 Å². The zero-order chi connectivity index (χ0) is 14.3. The van der Waals surface area contributed by atoms with Gasteiger partial charge >= 0.3 is 0 Å². The standard InChI is InChI=1S/C11H16N6O3/c1-19-2-5-8(18)6(12)11(20-5)17-4-16-7-9(13)14-3-15-10(7)17/h3-6,8,11,18H,2,12H2,1H3,(H2,13,14,15)/t5-,6?,8?,11-/m1/s1. The number of nitrogens with two attached hydrogens (primary N) is 2. The Balaban J connectivity index is 1.97. The van der Waals surface area contributed by atoms with Crippen LogP contribution >= 0.6 is 0 Å². The average molecular weight is 280 g/mol. The van der Waals surface area contributed by atoms with Crippen molar-refractivity contribution < 1.29 is 14.6 Å². The number of hydrogen-bond acceptors (Lipinski definition) is 8. The summed E-state index contributed by atoms with van der Waals surface area (Å²) in [5.41, 5.74) is 12.7. The molecule has 4 atom stereocenters. The summed E-state index contributed by atoms with van der Waals surface area (Å²) in [7, 11) is 1.54. The minimum Gasteiger partial charge on any atom is -0.389 e. The first-order valence-corrected chi connectivity index (χ1v) is 6.14. The van der Waals surface area contributed by atoms with Crippen LogP contribution in [0.5, 0.6) is 0 Å². The molecule has 0 bridgehead atoms. The summed E-state index contributed by atoms with van der Waals surface area (Å²) in [6.07, 6.45) is 0.985. The fourth-order valence-corrected chi connectivity index (χ4v) is 2.38. The molecule has 20 heavy (non-hydrogen) atoms. The maximum Gasteiger partial charge on any atom is 0.167 e. The third kappa shape index (κ3) is 1.91. The van der Waals surface area contributed by atoms with E-state index in [0.717, 1.165) is 0 Å². The Bertz CT molecular complexity index is 617. The molecule has 1 saturated heterocycles. The minimum absolute atomic E-state index is 0.259. The molecule has 3 rings (SSSR count). The van der Waals surface area contributed by atoms with Gasteiger partial charge in [-0.3, -0.25) is 4.57 Å². The van der Waals surface area contributed by atoms with Crippen LogP contribution in [0.1, 0.15) is 6.23 Å². The molecule has 108 valence electrons. The van der Waals surface area contributed by atoms with Crippen LogP contribution < -0.4 is 11.5 Å². The number of nitrogen functional groups attached to an aromatic ring is 1. The Morgan fingerprint density at radius 2 is 2.25 bits per heavy atom. The van der Waals surface area contributed by atoms with Gasteiger partial charge in [-0.15, -0.1) is 0 Å². The molecule has 3 heterocycles. The predicted molar refractivity (Wildman–Crippen MR) is 69.5 cm³/mol. The van der Waals surface area contributed by atoms with E-state index >= 15 is 0 Å². The van der Waals surface area contributed by atoms with Gasteiger partial charge in [-0.05, 0) is 0 Å². The van der Waals surface area contributed by atoms with Crippen molar-refractivity contribution in [3.8, 4) is 0 Å². The molecule has 0 radical (unpaired) electrons. The van der Waals surface area contributed by atoms with Crippen LogP contribution in [0, 0.1) is 0 Å². The van der Waals surface area contributed by atoms with Crippen molar-refractivity contribution in [2.45, 2.75) is 24.5 Å². The zero-order valence-electron chi connectivity index (χ0n) is 10.9. The number of aliphatic hydroxyl groups is 1. The third-order valence-electron chi connectivity index (χ3n) is 3.41. The van der Waals surface area contributed by atoms with E-state index in [-0.39, 0.29) is 12.4 Å². The maximum atomic E-state index is 10.1. The van der Waals surface area contributed by atoms with Crippen LogP contribution in [0.3, 0.4) is 0 Å². The Kier molecular flexibility index (Phi) is 3.26. The van der Waals surface area contributed by atoms with E-state index in [9.17, 15) is 5.11 Å². The lowest BCUT2D eigenvalue weighted by Crippen LogP contribution is -2.40.